The summed E-state index contributed by atoms with van der Waals surface area (Å²) in [5.41, 5.74) is 1.33. The van der Waals surface area contributed by atoms with Crippen molar-refractivity contribution in [2.45, 2.75) is 13.3 Å². The summed E-state index contributed by atoms with van der Waals surface area (Å²) in [5.74, 6) is -1.66. The topological polar surface area (TPSA) is 133 Å². The van der Waals surface area contributed by atoms with Crippen LogP contribution in [0.1, 0.15) is 18.1 Å². The first-order chi connectivity index (χ1) is 17.2. The van der Waals surface area contributed by atoms with E-state index in [1.807, 2.05) is 35.2 Å². The number of hydrogen-bond donors (Lipinski definition) is 1. The molecule has 186 valence electrons. The third kappa shape index (κ3) is 5.24. The van der Waals surface area contributed by atoms with Crippen LogP contribution in [0.5, 0.6) is 0 Å². The molecule has 0 radical (unpaired) electrons. The smallest absolute Gasteiger partial charge is 0.331 e. The van der Waals surface area contributed by atoms with E-state index in [-0.39, 0.29) is 23.7 Å². The second-order valence-corrected chi connectivity index (χ2v) is 8.50. The number of nitrogens with one attached hydrogen (secondary N) is 1. The van der Waals surface area contributed by atoms with Gasteiger partial charge in [0.1, 0.15) is 5.57 Å². The largest absolute Gasteiger partial charge is 0.367 e. The normalized spacial score (nSPS) is 17.4. The predicted octanol–water partition coefficient (Wildman–Crippen LogP) is 1.97. The van der Waals surface area contributed by atoms with E-state index in [9.17, 15) is 29.3 Å². The zero-order chi connectivity index (χ0) is 25.8. The van der Waals surface area contributed by atoms with Gasteiger partial charge in [-0.05, 0) is 24.1 Å². The molecule has 11 heteroatoms. The van der Waals surface area contributed by atoms with Gasteiger partial charge in [0.2, 0.25) is 5.91 Å². The Hall–Kier alpha value is -4.54. The van der Waals surface area contributed by atoms with Gasteiger partial charge in [0.25, 0.3) is 17.5 Å². The molecule has 2 fully saturated rings. The summed E-state index contributed by atoms with van der Waals surface area (Å²) >= 11 is 0. The fourth-order valence-electron chi connectivity index (χ4n) is 4.26. The number of anilines is 1. The van der Waals surface area contributed by atoms with Crippen molar-refractivity contribution < 1.29 is 24.1 Å². The highest BCUT2D eigenvalue weighted by molar-refractivity contribution is 6.31. The lowest BCUT2D eigenvalue weighted by Crippen LogP contribution is -2.54. The number of piperazine rings is 1. The van der Waals surface area contributed by atoms with E-state index in [2.05, 4.69) is 5.32 Å². The van der Waals surface area contributed by atoms with Gasteiger partial charge in [-0.15, -0.1) is 0 Å². The number of carbonyl (C=O) groups excluding carboxylic acids is 4. The number of non-ortho nitro benzene ring substituents is 1. The SMILES string of the molecule is CC(=O)N1CCN(c2ccc([N+](=O)[O-])cc2/C=C2/C(=O)NC(=O)N(CCc3ccccc3)C2=O)CC1. The summed E-state index contributed by atoms with van der Waals surface area (Å²) in [7, 11) is 0. The Kier molecular flexibility index (Phi) is 7.09. The monoisotopic (exact) mass is 491 g/mol. The number of nitro benzene ring substituents is 1. The molecule has 2 heterocycles. The number of urea groups is 1. The highest BCUT2D eigenvalue weighted by Gasteiger charge is 2.36. The second-order valence-electron chi connectivity index (χ2n) is 8.50. The second kappa shape index (κ2) is 10.4. The van der Waals surface area contributed by atoms with E-state index in [0.717, 1.165) is 10.5 Å². The Morgan fingerprint density at radius 1 is 1.06 bits per heavy atom. The first-order valence-electron chi connectivity index (χ1n) is 11.5. The molecule has 2 aliphatic heterocycles. The van der Waals surface area contributed by atoms with Crippen LogP contribution in [0.4, 0.5) is 16.2 Å². The number of nitro groups is 1. The van der Waals surface area contributed by atoms with Gasteiger partial charge in [-0.25, -0.2) is 4.79 Å². The van der Waals surface area contributed by atoms with Crippen molar-refractivity contribution in [3.8, 4) is 0 Å². The molecule has 5 amide bonds. The average Bonchev–Trinajstić information content (AvgIpc) is 2.87. The summed E-state index contributed by atoms with van der Waals surface area (Å²) in [6.45, 7) is 3.47. The van der Waals surface area contributed by atoms with E-state index < -0.39 is 22.8 Å². The van der Waals surface area contributed by atoms with Crippen molar-refractivity contribution in [2.75, 3.05) is 37.6 Å². The number of nitrogens with zero attached hydrogens (tertiary/aromatic N) is 4. The van der Waals surface area contributed by atoms with Gasteiger partial charge in [-0.1, -0.05) is 30.3 Å². The Morgan fingerprint density at radius 2 is 1.75 bits per heavy atom. The van der Waals surface area contributed by atoms with Crippen LogP contribution in [0.15, 0.2) is 54.1 Å². The van der Waals surface area contributed by atoms with Crippen molar-refractivity contribution in [1.82, 2.24) is 15.1 Å². The lowest BCUT2D eigenvalue weighted by Gasteiger charge is -2.36. The summed E-state index contributed by atoms with van der Waals surface area (Å²) in [6, 6.07) is 12.7. The number of imide groups is 2. The first kappa shape index (κ1) is 24.6. The van der Waals surface area contributed by atoms with Gasteiger partial charge in [-0.2, -0.15) is 0 Å². The Labute approximate surface area is 207 Å². The van der Waals surface area contributed by atoms with Gasteiger partial charge in [0.15, 0.2) is 0 Å². The average molecular weight is 492 g/mol. The third-order valence-electron chi connectivity index (χ3n) is 6.24. The Balaban J connectivity index is 1.64. The van der Waals surface area contributed by atoms with Crippen LogP contribution >= 0.6 is 0 Å². The van der Waals surface area contributed by atoms with Gasteiger partial charge in [-0.3, -0.25) is 34.7 Å². The molecule has 2 saturated heterocycles. The van der Waals surface area contributed by atoms with Gasteiger partial charge >= 0.3 is 6.03 Å². The maximum atomic E-state index is 13.2. The standard InChI is InChI=1S/C25H25N5O6/c1-17(31)27-11-13-28(14-12-27)22-8-7-20(30(35)36)15-19(22)16-21-23(32)26-25(34)29(24(21)33)10-9-18-5-3-2-4-6-18/h2-8,15-16H,9-14H2,1H3,(H,26,32,34)/b21-16-. The molecule has 0 atom stereocenters. The molecular formula is C25H25N5O6. The Bertz CT molecular complexity index is 1250. The number of barbiturate groups is 1. The van der Waals surface area contributed by atoms with Crippen LogP contribution in [0.3, 0.4) is 0 Å². The van der Waals surface area contributed by atoms with Crippen molar-refractivity contribution >= 4 is 41.2 Å². The summed E-state index contributed by atoms with van der Waals surface area (Å²) in [5, 5.41) is 13.6. The number of hydrogen-bond acceptors (Lipinski definition) is 7. The minimum Gasteiger partial charge on any atom is -0.367 e. The molecule has 1 N–H and O–H groups in total. The van der Waals surface area contributed by atoms with Gasteiger partial charge in [0, 0.05) is 63.0 Å². The molecule has 0 saturated carbocycles. The third-order valence-corrected chi connectivity index (χ3v) is 6.24. The minimum atomic E-state index is -0.861. The van der Waals surface area contributed by atoms with Crippen LogP contribution in [0.25, 0.3) is 6.08 Å². The van der Waals surface area contributed by atoms with Crippen molar-refractivity contribution in [3.63, 3.8) is 0 Å². The molecule has 4 rings (SSSR count). The highest BCUT2D eigenvalue weighted by atomic mass is 16.6. The van der Waals surface area contributed by atoms with Crippen LogP contribution < -0.4 is 10.2 Å². The van der Waals surface area contributed by atoms with Crippen LogP contribution in [-0.4, -0.2) is 71.2 Å². The maximum Gasteiger partial charge on any atom is 0.331 e. The zero-order valence-electron chi connectivity index (χ0n) is 19.7. The zero-order valence-corrected chi connectivity index (χ0v) is 19.7. The molecule has 0 bridgehead atoms. The van der Waals surface area contributed by atoms with E-state index >= 15 is 0 Å². The van der Waals surface area contributed by atoms with Crippen LogP contribution in [0.2, 0.25) is 0 Å². The van der Waals surface area contributed by atoms with Gasteiger partial charge < -0.3 is 9.80 Å². The Morgan fingerprint density at radius 3 is 2.39 bits per heavy atom. The molecule has 0 aliphatic carbocycles. The fourth-order valence-corrected chi connectivity index (χ4v) is 4.26. The molecule has 36 heavy (non-hydrogen) atoms. The van der Waals surface area contributed by atoms with E-state index in [1.165, 1.54) is 25.1 Å². The van der Waals surface area contributed by atoms with Gasteiger partial charge in [0.05, 0.1) is 4.92 Å². The molecule has 2 aliphatic rings. The lowest BCUT2D eigenvalue weighted by atomic mass is 10.0. The predicted molar refractivity (Wildman–Crippen MR) is 131 cm³/mol. The fraction of sp³-hybridized carbons (Fsp3) is 0.280. The van der Waals surface area contributed by atoms with Crippen LogP contribution in [-0.2, 0) is 20.8 Å². The molecule has 2 aromatic rings. The minimum absolute atomic E-state index is 0.0366. The molecular weight excluding hydrogens is 466 g/mol. The van der Waals surface area contributed by atoms with Crippen molar-refractivity contribution in [2.24, 2.45) is 0 Å². The molecule has 11 nitrogen and oxygen atoms in total. The quantitative estimate of drug-likeness (QED) is 0.283. The lowest BCUT2D eigenvalue weighted by molar-refractivity contribution is -0.384. The summed E-state index contributed by atoms with van der Waals surface area (Å²) in [4.78, 5) is 65.3. The van der Waals surface area contributed by atoms with Crippen molar-refractivity contribution in [1.29, 1.82) is 0 Å². The number of rotatable bonds is 6. The molecule has 0 aromatic heterocycles. The van der Waals surface area contributed by atoms with Crippen molar-refractivity contribution in [3.05, 3.63) is 75.3 Å². The highest BCUT2D eigenvalue weighted by Crippen LogP contribution is 2.29. The van der Waals surface area contributed by atoms with Crippen LogP contribution in [0, 0.1) is 10.1 Å². The molecule has 0 spiro atoms. The van der Waals surface area contributed by atoms with E-state index in [0.29, 0.717) is 43.9 Å². The summed E-state index contributed by atoms with van der Waals surface area (Å²) < 4.78 is 0. The molecule has 0 unspecified atom stereocenters. The number of benzene rings is 2. The van der Waals surface area contributed by atoms with E-state index in [1.54, 1.807) is 11.0 Å². The number of carbonyl (C=O) groups is 4. The summed E-state index contributed by atoms with van der Waals surface area (Å²) in [6.07, 6.45) is 1.70. The van der Waals surface area contributed by atoms with E-state index in [4.69, 9.17) is 0 Å². The number of amides is 5. The first-order valence-corrected chi connectivity index (χ1v) is 11.5. The molecule has 2 aromatic carbocycles. The maximum absolute atomic E-state index is 13.2.